The molecule has 154 valence electrons. The van der Waals surface area contributed by atoms with E-state index in [0.29, 0.717) is 6.04 Å². The van der Waals surface area contributed by atoms with E-state index < -0.39 is 0 Å². The van der Waals surface area contributed by atoms with Crippen LogP contribution in [-0.2, 0) is 4.79 Å². The zero-order chi connectivity index (χ0) is 20.2. The normalized spacial score (nSPS) is 20.9. The number of rotatable bonds is 4. The van der Waals surface area contributed by atoms with Crippen LogP contribution in [0.15, 0.2) is 54.6 Å². The topological polar surface area (TPSA) is 38.8 Å². The van der Waals surface area contributed by atoms with Crippen molar-refractivity contribution in [3.63, 3.8) is 0 Å². The van der Waals surface area contributed by atoms with Gasteiger partial charge in [-0.2, -0.15) is 0 Å². The quantitative estimate of drug-likeness (QED) is 0.868. The Hall–Kier alpha value is -2.37. The molecule has 0 spiro atoms. The summed E-state index contributed by atoms with van der Waals surface area (Å²) in [6.07, 6.45) is 0. The SMILES string of the molecule is CC(C)N1CCN[C@@H](C(=O)N2CCN(c3ccc(-c4ccccc4)cc3)CC2)C1. The van der Waals surface area contributed by atoms with Crippen LogP contribution in [0.4, 0.5) is 5.69 Å². The maximum Gasteiger partial charge on any atom is 0.241 e. The molecule has 2 aliphatic rings. The first kappa shape index (κ1) is 19.9. The molecule has 2 aromatic carbocycles. The molecule has 0 aliphatic carbocycles. The van der Waals surface area contributed by atoms with Crippen LogP contribution in [0.2, 0.25) is 0 Å². The summed E-state index contributed by atoms with van der Waals surface area (Å²) in [6.45, 7) is 10.5. The lowest BCUT2D eigenvalue weighted by Crippen LogP contribution is -2.61. The van der Waals surface area contributed by atoms with Gasteiger partial charge in [0.15, 0.2) is 0 Å². The van der Waals surface area contributed by atoms with Gasteiger partial charge in [-0.1, -0.05) is 42.5 Å². The summed E-state index contributed by atoms with van der Waals surface area (Å²) in [4.78, 5) is 19.8. The third kappa shape index (κ3) is 4.62. The summed E-state index contributed by atoms with van der Waals surface area (Å²) in [5, 5.41) is 3.42. The highest BCUT2D eigenvalue weighted by molar-refractivity contribution is 5.82. The Balaban J connectivity index is 1.33. The molecule has 0 radical (unpaired) electrons. The van der Waals surface area contributed by atoms with Crippen molar-refractivity contribution in [2.45, 2.75) is 25.9 Å². The van der Waals surface area contributed by atoms with Crippen molar-refractivity contribution < 1.29 is 4.79 Å². The maximum atomic E-state index is 13.0. The van der Waals surface area contributed by atoms with Gasteiger partial charge in [-0.3, -0.25) is 9.69 Å². The van der Waals surface area contributed by atoms with Gasteiger partial charge in [0.05, 0.1) is 6.04 Å². The monoisotopic (exact) mass is 392 g/mol. The van der Waals surface area contributed by atoms with Crippen molar-refractivity contribution in [3.05, 3.63) is 54.6 Å². The lowest BCUT2D eigenvalue weighted by molar-refractivity contribution is -0.135. The Morgan fingerprint density at radius 3 is 2.21 bits per heavy atom. The lowest BCUT2D eigenvalue weighted by atomic mass is 10.1. The first-order valence-electron chi connectivity index (χ1n) is 10.8. The van der Waals surface area contributed by atoms with E-state index in [1.54, 1.807) is 0 Å². The van der Waals surface area contributed by atoms with Crippen molar-refractivity contribution in [1.82, 2.24) is 15.1 Å². The Labute approximate surface area is 174 Å². The summed E-state index contributed by atoms with van der Waals surface area (Å²) >= 11 is 0. The highest BCUT2D eigenvalue weighted by atomic mass is 16.2. The first-order chi connectivity index (χ1) is 14.1. The standard InChI is InChI=1S/C24H32N4O/c1-19(2)28-13-12-25-23(18-28)24(29)27-16-14-26(15-17-27)22-10-8-21(9-11-22)20-6-4-3-5-7-20/h3-11,19,23,25H,12-18H2,1-2H3/t23-/m1/s1. The minimum absolute atomic E-state index is 0.0668. The van der Waals surface area contributed by atoms with E-state index in [1.807, 2.05) is 11.0 Å². The number of carbonyl (C=O) groups excluding carboxylic acids is 1. The fraction of sp³-hybridized carbons (Fsp3) is 0.458. The zero-order valence-electron chi connectivity index (χ0n) is 17.6. The van der Waals surface area contributed by atoms with Crippen LogP contribution in [0.25, 0.3) is 11.1 Å². The molecule has 4 rings (SSSR count). The molecule has 0 aromatic heterocycles. The Bertz CT molecular complexity index is 797. The van der Waals surface area contributed by atoms with Crippen LogP contribution in [0.3, 0.4) is 0 Å². The largest absolute Gasteiger partial charge is 0.368 e. The molecule has 0 unspecified atom stereocenters. The maximum absolute atomic E-state index is 13.0. The minimum Gasteiger partial charge on any atom is -0.368 e. The van der Waals surface area contributed by atoms with Gasteiger partial charge in [0.25, 0.3) is 0 Å². The highest BCUT2D eigenvalue weighted by Gasteiger charge is 2.31. The second-order valence-electron chi connectivity index (χ2n) is 8.32. The molecule has 29 heavy (non-hydrogen) atoms. The fourth-order valence-electron chi connectivity index (χ4n) is 4.31. The molecule has 0 bridgehead atoms. The lowest BCUT2D eigenvalue weighted by Gasteiger charge is -2.41. The molecule has 2 fully saturated rings. The van der Waals surface area contributed by atoms with Gasteiger partial charge in [0.1, 0.15) is 0 Å². The van der Waals surface area contributed by atoms with E-state index in [9.17, 15) is 4.79 Å². The third-order valence-electron chi connectivity index (χ3n) is 6.17. The molecule has 2 aliphatic heterocycles. The molecular weight excluding hydrogens is 360 g/mol. The third-order valence-corrected chi connectivity index (χ3v) is 6.17. The molecule has 2 heterocycles. The molecule has 1 amide bonds. The average molecular weight is 393 g/mol. The molecule has 2 aromatic rings. The van der Waals surface area contributed by atoms with Crippen molar-refractivity contribution in [3.8, 4) is 11.1 Å². The first-order valence-corrected chi connectivity index (χ1v) is 10.8. The van der Waals surface area contributed by atoms with Crippen LogP contribution < -0.4 is 10.2 Å². The van der Waals surface area contributed by atoms with Gasteiger partial charge >= 0.3 is 0 Å². The van der Waals surface area contributed by atoms with E-state index in [0.717, 1.165) is 45.8 Å². The van der Waals surface area contributed by atoms with E-state index in [2.05, 4.69) is 77.5 Å². The van der Waals surface area contributed by atoms with E-state index in [1.165, 1.54) is 16.8 Å². The van der Waals surface area contributed by atoms with Gasteiger partial charge in [-0.05, 0) is 37.1 Å². The van der Waals surface area contributed by atoms with Crippen molar-refractivity contribution >= 4 is 11.6 Å². The second-order valence-corrected chi connectivity index (χ2v) is 8.32. The molecule has 5 heteroatoms. The van der Waals surface area contributed by atoms with Crippen LogP contribution in [0.1, 0.15) is 13.8 Å². The smallest absolute Gasteiger partial charge is 0.241 e. The van der Waals surface area contributed by atoms with E-state index >= 15 is 0 Å². The number of hydrogen-bond donors (Lipinski definition) is 1. The summed E-state index contributed by atoms with van der Waals surface area (Å²) in [7, 11) is 0. The number of piperazine rings is 2. The van der Waals surface area contributed by atoms with Gasteiger partial charge < -0.3 is 15.1 Å². The van der Waals surface area contributed by atoms with Gasteiger partial charge in [0, 0.05) is 57.5 Å². The molecule has 1 N–H and O–H groups in total. The van der Waals surface area contributed by atoms with E-state index in [-0.39, 0.29) is 11.9 Å². The van der Waals surface area contributed by atoms with Gasteiger partial charge in [-0.15, -0.1) is 0 Å². The predicted octanol–water partition coefficient (Wildman–Crippen LogP) is 2.68. The van der Waals surface area contributed by atoms with Crippen LogP contribution in [0, 0.1) is 0 Å². The highest BCUT2D eigenvalue weighted by Crippen LogP contribution is 2.24. The summed E-state index contributed by atoms with van der Waals surface area (Å²) < 4.78 is 0. The summed E-state index contributed by atoms with van der Waals surface area (Å²) in [6, 6.07) is 19.7. The van der Waals surface area contributed by atoms with Crippen LogP contribution in [0.5, 0.6) is 0 Å². The predicted molar refractivity (Wildman–Crippen MR) is 119 cm³/mol. The van der Waals surface area contributed by atoms with Crippen molar-refractivity contribution in [1.29, 1.82) is 0 Å². The Morgan fingerprint density at radius 2 is 1.55 bits per heavy atom. The van der Waals surface area contributed by atoms with E-state index in [4.69, 9.17) is 0 Å². The van der Waals surface area contributed by atoms with Gasteiger partial charge in [0.2, 0.25) is 5.91 Å². The number of benzene rings is 2. The molecule has 0 saturated carbocycles. The molecule has 1 atom stereocenters. The molecule has 5 nitrogen and oxygen atoms in total. The molecule has 2 saturated heterocycles. The average Bonchev–Trinajstić information content (AvgIpc) is 2.79. The number of amides is 1. The van der Waals surface area contributed by atoms with Crippen molar-refractivity contribution in [2.24, 2.45) is 0 Å². The number of carbonyl (C=O) groups is 1. The second kappa shape index (κ2) is 8.97. The fourth-order valence-corrected chi connectivity index (χ4v) is 4.31. The summed E-state index contributed by atoms with van der Waals surface area (Å²) in [5.41, 5.74) is 3.71. The number of nitrogens with zero attached hydrogens (tertiary/aromatic N) is 3. The van der Waals surface area contributed by atoms with Crippen LogP contribution >= 0.6 is 0 Å². The van der Waals surface area contributed by atoms with Crippen LogP contribution in [-0.4, -0.2) is 73.6 Å². The van der Waals surface area contributed by atoms with Gasteiger partial charge in [-0.25, -0.2) is 0 Å². The number of anilines is 1. The summed E-state index contributed by atoms with van der Waals surface area (Å²) in [5.74, 6) is 0.259. The minimum atomic E-state index is -0.0668. The zero-order valence-corrected chi connectivity index (χ0v) is 17.6. The molecular formula is C24H32N4O. The Morgan fingerprint density at radius 1 is 0.897 bits per heavy atom. The number of nitrogens with one attached hydrogen (secondary N) is 1. The van der Waals surface area contributed by atoms with Crippen molar-refractivity contribution in [2.75, 3.05) is 50.7 Å². The number of hydrogen-bond acceptors (Lipinski definition) is 4. The Kier molecular flexibility index (Phi) is 6.16.